The highest BCUT2D eigenvalue weighted by molar-refractivity contribution is 4.89. The SMILES string of the molecule is COCOC[C@@]1(CN=[N+]=[N-])CCNC1. The molecule has 1 rings (SSSR count). The van der Waals surface area contributed by atoms with Crippen LogP contribution < -0.4 is 5.32 Å². The number of hydrogen-bond donors (Lipinski definition) is 1. The predicted molar refractivity (Wildman–Crippen MR) is 51.8 cm³/mol. The molecule has 0 spiro atoms. The van der Waals surface area contributed by atoms with Crippen molar-refractivity contribution in [2.24, 2.45) is 10.5 Å². The summed E-state index contributed by atoms with van der Waals surface area (Å²) in [6.45, 7) is 3.15. The third kappa shape index (κ3) is 3.16. The molecule has 1 heterocycles. The number of nitrogens with zero attached hydrogens (tertiary/aromatic N) is 3. The maximum atomic E-state index is 8.29. The van der Waals surface area contributed by atoms with Crippen molar-refractivity contribution in [3.63, 3.8) is 0 Å². The Balaban J connectivity index is 2.39. The summed E-state index contributed by atoms with van der Waals surface area (Å²) in [6, 6.07) is 0. The molecule has 1 saturated heterocycles. The number of nitrogens with one attached hydrogen (secondary N) is 1. The van der Waals surface area contributed by atoms with Crippen molar-refractivity contribution in [2.75, 3.05) is 40.1 Å². The molecule has 6 nitrogen and oxygen atoms in total. The molecule has 1 fully saturated rings. The fourth-order valence-corrected chi connectivity index (χ4v) is 1.62. The minimum Gasteiger partial charge on any atom is -0.359 e. The zero-order chi connectivity index (χ0) is 10.3. The van der Waals surface area contributed by atoms with Crippen molar-refractivity contribution < 1.29 is 9.47 Å². The van der Waals surface area contributed by atoms with Crippen molar-refractivity contribution in [3.05, 3.63) is 10.4 Å². The molecule has 0 unspecified atom stereocenters. The van der Waals surface area contributed by atoms with Crippen molar-refractivity contribution in [2.45, 2.75) is 6.42 Å². The Morgan fingerprint density at radius 3 is 3.07 bits per heavy atom. The molecule has 0 bridgehead atoms. The molecule has 1 atom stereocenters. The molecule has 0 amide bonds. The summed E-state index contributed by atoms with van der Waals surface area (Å²) in [5.74, 6) is 0. The molecule has 0 aromatic heterocycles. The second kappa shape index (κ2) is 5.82. The Labute approximate surface area is 83.2 Å². The Bertz CT molecular complexity index is 209. The summed E-state index contributed by atoms with van der Waals surface area (Å²) in [7, 11) is 1.59. The van der Waals surface area contributed by atoms with Gasteiger partial charge in [-0.05, 0) is 18.5 Å². The summed E-state index contributed by atoms with van der Waals surface area (Å²) < 4.78 is 10.1. The van der Waals surface area contributed by atoms with E-state index >= 15 is 0 Å². The van der Waals surface area contributed by atoms with Crippen LogP contribution in [0.2, 0.25) is 0 Å². The highest BCUT2D eigenvalue weighted by atomic mass is 16.7. The molecule has 0 aliphatic carbocycles. The molecule has 1 N–H and O–H groups in total. The Hall–Kier alpha value is -0.810. The predicted octanol–water partition coefficient (Wildman–Crippen LogP) is 0.897. The molecule has 1 aliphatic rings. The van der Waals surface area contributed by atoms with E-state index in [1.165, 1.54) is 0 Å². The van der Waals surface area contributed by atoms with Crippen LogP contribution in [0.25, 0.3) is 10.4 Å². The van der Waals surface area contributed by atoms with Gasteiger partial charge in [-0.15, -0.1) is 0 Å². The van der Waals surface area contributed by atoms with E-state index in [9.17, 15) is 0 Å². The number of ether oxygens (including phenoxy) is 2. The third-order valence-electron chi connectivity index (χ3n) is 2.41. The lowest BCUT2D eigenvalue weighted by molar-refractivity contribution is -0.0592. The zero-order valence-electron chi connectivity index (χ0n) is 8.40. The quantitative estimate of drug-likeness (QED) is 0.227. The van der Waals surface area contributed by atoms with E-state index in [4.69, 9.17) is 15.0 Å². The van der Waals surface area contributed by atoms with Crippen LogP contribution in [0.3, 0.4) is 0 Å². The zero-order valence-corrected chi connectivity index (χ0v) is 8.40. The molecular weight excluding hydrogens is 184 g/mol. The summed E-state index contributed by atoms with van der Waals surface area (Å²) in [5.41, 5.74) is 8.25. The van der Waals surface area contributed by atoms with Crippen LogP contribution in [0.5, 0.6) is 0 Å². The molecular formula is C8H16N4O2. The molecule has 14 heavy (non-hydrogen) atoms. The van der Waals surface area contributed by atoms with E-state index in [2.05, 4.69) is 15.3 Å². The van der Waals surface area contributed by atoms with E-state index in [0.29, 0.717) is 13.2 Å². The lowest BCUT2D eigenvalue weighted by atomic mass is 9.88. The summed E-state index contributed by atoms with van der Waals surface area (Å²) in [4.78, 5) is 2.78. The normalized spacial score (nSPS) is 26.1. The Morgan fingerprint density at radius 1 is 1.64 bits per heavy atom. The van der Waals surface area contributed by atoms with Crippen molar-refractivity contribution in [3.8, 4) is 0 Å². The molecule has 0 radical (unpaired) electrons. The topological polar surface area (TPSA) is 79.2 Å². The van der Waals surface area contributed by atoms with Gasteiger partial charge < -0.3 is 14.8 Å². The number of azide groups is 1. The summed E-state index contributed by atoms with van der Waals surface area (Å²) in [6.07, 6.45) is 0.982. The third-order valence-corrected chi connectivity index (χ3v) is 2.41. The van der Waals surface area contributed by atoms with Crippen LogP contribution >= 0.6 is 0 Å². The average molecular weight is 200 g/mol. The minimum absolute atomic E-state index is 0.0369. The molecule has 0 aromatic carbocycles. The van der Waals surface area contributed by atoms with Gasteiger partial charge in [0.1, 0.15) is 6.79 Å². The van der Waals surface area contributed by atoms with Crippen LogP contribution in [0.4, 0.5) is 0 Å². The second-order valence-corrected chi connectivity index (χ2v) is 3.57. The van der Waals surface area contributed by atoms with Gasteiger partial charge in [-0.3, -0.25) is 0 Å². The van der Waals surface area contributed by atoms with Gasteiger partial charge in [-0.25, -0.2) is 0 Å². The average Bonchev–Trinajstić information content (AvgIpc) is 2.65. The largest absolute Gasteiger partial charge is 0.359 e. The van der Waals surface area contributed by atoms with Gasteiger partial charge in [0.25, 0.3) is 0 Å². The number of hydrogen-bond acceptors (Lipinski definition) is 4. The van der Waals surface area contributed by atoms with E-state index in [0.717, 1.165) is 19.5 Å². The summed E-state index contributed by atoms with van der Waals surface area (Å²) >= 11 is 0. The molecule has 1 aliphatic heterocycles. The van der Waals surface area contributed by atoms with Crippen LogP contribution in [-0.2, 0) is 9.47 Å². The molecule has 80 valence electrons. The first-order valence-corrected chi connectivity index (χ1v) is 4.61. The standard InChI is InChI=1S/C8H16N4O2/c1-13-7-14-6-8(5-11-12-9)2-3-10-4-8/h10H,2-7H2,1H3/t8-/m0/s1. The van der Waals surface area contributed by atoms with E-state index in [1.54, 1.807) is 7.11 Å². The lowest BCUT2D eigenvalue weighted by Crippen LogP contribution is -2.33. The van der Waals surface area contributed by atoms with Crippen LogP contribution in [0.15, 0.2) is 5.11 Å². The van der Waals surface area contributed by atoms with Crippen LogP contribution in [-0.4, -0.2) is 40.1 Å². The van der Waals surface area contributed by atoms with Crippen molar-refractivity contribution >= 4 is 0 Å². The first-order chi connectivity index (χ1) is 6.83. The van der Waals surface area contributed by atoms with Crippen molar-refractivity contribution in [1.82, 2.24) is 5.32 Å². The number of rotatable bonds is 6. The van der Waals surface area contributed by atoms with Crippen molar-refractivity contribution in [1.29, 1.82) is 0 Å². The maximum absolute atomic E-state index is 8.29. The van der Waals surface area contributed by atoms with Gasteiger partial charge in [0, 0.05) is 30.5 Å². The maximum Gasteiger partial charge on any atom is 0.146 e. The van der Waals surface area contributed by atoms with Gasteiger partial charge in [0.15, 0.2) is 0 Å². The van der Waals surface area contributed by atoms with E-state index in [1.807, 2.05) is 0 Å². The first-order valence-electron chi connectivity index (χ1n) is 4.61. The van der Waals surface area contributed by atoms with Gasteiger partial charge >= 0.3 is 0 Å². The molecule has 0 aromatic rings. The lowest BCUT2D eigenvalue weighted by Gasteiger charge is -2.25. The van der Waals surface area contributed by atoms with Crippen LogP contribution in [0, 0.1) is 5.41 Å². The summed E-state index contributed by atoms with van der Waals surface area (Å²) in [5, 5.41) is 6.87. The van der Waals surface area contributed by atoms with Gasteiger partial charge in [0.2, 0.25) is 0 Å². The van der Waals surface area contributed by atoms with E-state index < -0.39 is 0 Å². The molecule has 0 saturated carbocycles. The van der Waals surface area contributed by atoms with Gasteiger partial charge in [0.05, 0.1) is 6.61 Å². The fourth-order valence-electron chi connectivity index (χ4n) is 1.62. The smallest absolute Gasteiger partial charge is 0.146 e. The Morgan fingerprint density at radius 2 is 2.50 bits per heavy atom. The highest BCUT2D eigenvalue weighted by Crippen LogP contribution is 2.26. The minimum atomic E-state index is -0.0369. The fraction of sp³-hybridized carbons (Fsp3) is 1.00. The van der Waals surface area contributed by atoms with E-state index in [-0.39, 0.29) is 12.2 Å². The van der Waals surface area contributed by atoms with Crippen LogP contribution in [0.1, 0.15) is 6.42 Å². The second-order valence-electron chi connectivity index (χ2n) is 3.57. The first kappa shape index (κ1) is 11.3. The highest BCUT2D eigenvalue weighted by Gasteiger charge is 2.33. The van der Waals surface area contributed by atoms with Gasteiger partial charge in [-0.2, -0.15) is 0 Å². The monoisotopic (exact) mass is 200 g/mol. The Kier molecular flexibility index (Phi) is 4.69. The molecule has 6 heteroatoms. The number of methoxy groups -OCH3 is 1. The van der Waals surface area contributed by atoms with Gasteiger partial charge in [-0.1, -0.05) is 5.11 Å².